The SMILES string of the molecule is CCCNC(=O)NNC(C)=O. The predicted molar refractivity (Wildman–Crippen MR) is 40.6 cm³/mol. The number of hydrogen-bond acceptors (Lipinski definition) is 2. The summed E-state index contributed by atoms with van der Waals surface area (Å²) in [6, 6.07) is -0.387. The Kier molecular flexibility index (Phi) is 4.89. The Bertz CT molecular complexity index is 147. The lowest BCUT2D eigenvalue weighted by atomic mass is 10.5. The van der Waals surface area contributed by atoms with Crippen molar-refractivity contribution in [2.24, 2.45) is 0 Å². The molecule has 0 unspecified atom stereocenters. The van der Waals surface area contributed by atoms with Crippen molar-refractivity contribution in [2.75, 3.05) is 6.54 Å². The van der Waals surface area contributed by atoms with Gasteiger partial charge in [0, 0.05) is 13.5 Å². The number of urea groups is 1. The third-order valence-corrected chi connectivity index (χ3v) is 0.888. The molecule has 0 saturated heterocycles. The average Bonchev–Trinajstić information content (AvgIpc) is 1.97. The maximum Gasteiger partial charge on any atom is 0.333 e. The molecule has 0 atom stereocenters. The molecule has 0 aliphatic rings. The molecule has 0 aliphatic carbocycles. The Morgan fingerprint density at radius 3 is 2.36 bits per heavy atom. The normalized spacial score (nSPS) is 8.55. The van der Waals surface area contributed by atoms with Crippen molar-refractivity contribution in [3.05, 3.63) is 0 Å². The molecular weight excluding hydrogens is 146 g/mol. The van der Waals surface area contributed by atoms with Gasteiger partial charge in [0.2, 0.25) is 5.91 Å². The maximum absolute atomic E-state index is 10.7. The molecule has 0 radical (unpaired) electrons. The Morgan fingerprint density at radius 1 is 1.27 bits per heavy atom. The van der Waals surface area contributed by atoms with Crippen LogP contribution in [0.4, 0.5) is 4.79 Å². The van der Waals surface area contributed by atoms with Gasteiger partial charge in [-0.1, -0.05) is 6.92 Å². The van der Waals surface area contributed by atoms with E-state index in [4.69, 9.17) is 0 Å². The standard InChI is InChI=1S/C6H13N3O2/c1-3-4-7-6(11)9-8-5(2)10/h3-4H2,1-2H3,(H,8,10)(H2,7,9,11). The molecule has 3 N–H and O–H groups in total. The van der Waals surface area contributed by atoms with Gasteiger partial charge in [0.1, 0.15) is 0 Å². The van der Waals surface area contributed by atoms with Crippen LogP contribution in [-0.2, 0) is 4.79 Å². The van der Waals surface area contributed by atoms with E-state index in [1.807, 2.05) is 6.92 Å². The van der Waals surface area contributed by atoms with Gasteiger partial charge in [-0.25, -0.2) is 10.2 Å². The van der Waals surface area contributed by atoms with Crippen molar-refractivity contribution in [3.63, 3.8) is 0 Å². The second-order valence-electron chi connectivity index (χ2n) is 2.06. The summed E-state index contributed by atoms with van der Waals surface area (Å²) in [6.45, 7) is 3.87. The van der Waals surface area contributed by atoms with Crippen molar-refractivity contribution in [3.8, 4) is 0 Å². The first-order valence-electron chi connectivity index (χ1n) is 3.47. The Hall–Kier alpha value is -1.26. The van der Waals surface area contributed by atoms with E-state index in [-0.39, 0.29) is 11.9 Å². The van der Waals surface area contributed by atoms with E-state index in [0.717, 1.165) is 6.42 Å². The van der Waals surface area contributed by atoms with Crippen molar-refractivity contribution in [1.29, 1.82) is 0 Å². The molecule has 3 amide bonds. The van der Waals surface area contributed by atoms with E-state index in [1.54, 1.807) is 0 Å². The monoisotopic (exact) mass is 159 g/mol. The molecule has 0 aromatic rings. The molecule has 0 spiro atoms. The summed E-state index contributed by atoms with van der Waals surface area (Å²) >= 11 is 0. The number of carbonyl (C=O) groups is 2. The minimum atomic E-state index is -0.387. The van der Waals surface area contributed by atoms with E-state index in [9.17, 15) is 9.59 Å². The van der Waals surface area contributed by atoms with Crippen LogP contribution in [0.1, 0.15) is 20.3 Å². The lowest BCUT2D eigenvalue weighted by Gasteiger charge is -2.05. The molecular formula is C6H13N3O2. The van der Waals surface area contributed by atoms with Gasteiger partial charge >= 0.3 is 6.03 Å². The number of hydrogen-bond donors (Lipinski definition) is 3. The molecule has 0 heterocycles. The molecule has 11 heavy (non-hydrogen) atoms. The fourth-order valence-corrected chi connectivity index (χ4v) is 0.428. The predicted octanol–water partition coefficient (Wildman–Crippen LogP) is -0.253. The van der Waals surface area contributed by atoms with E-state index in [0.29, 0.717) is 6.54 Å². The molecule has 0 fully saturated rings. The summed E-state index contributed by atoms with van der Waals surface area (Å²) in [5.41, 5.74) is 4.32. The molecule has 0 aliphatic heterocycles. The highest BCUT2D eigenvalue weighted by molar-refractivity contribution is 5.79. The molecule has 0 rings (SSSR count). The van der Waals surface area contributed by atoms with E-state index in [2.05, 4.69) is 16.2 Å². The zero-order chi connectivity index (χ0) is 8.69. The van der Waals surface area contributed by atoms with Gasteiger partial charge in [0.05, 0.1) is 0 Å². The van der Waals surface area contributed by atoms with Crippen molar-refractivity contribution < 1.29 is 9.59 Å². The topological polar surface area (TPSA) is 70.2 Å². The zero-order valence-electron chi connectivity index (χ0n) is 6.73. The summed E-state index contributed by atoms with van der Waals surface area (Å²) in [5.74, 6) is -0.295. The highest BCUT2D eigenvalue weighted by Crippen LogP contribution is 1.68. The lowest BCUT2D eigenvalue weighted by molar-refractivity contribution is -0.119. The summed E-state index contributed by atoms with van der Waals surface area (Å²) < 4.78 is 0. The van der Waals surface area contributed by atoms with Crippen LogP contribution in [0, 0.1) is 0 Å². The first-order chi connectivity index (χ1) is 5.16. The highest BCUT2D eigenvalue weighted by atomic mass is 16.2. The lowest BCUT2D eigenvalue weighted by Crippen LogP contribution is -2.46. The number of rotatable bonds is 2. The van der Waals surface area contributed by atoms with E-state index < -0.39 is 0 Å². The average molecular weight is 159 g/mol. The Labute approximate surface area is 65.5 Å². The number of nitrogens with one attached hydrogen (secondary N) is 3. The highest BCUT2D eigenvalue weighted by Gasteiger charge is 1.96. The van der Waals surface area contributed by atoms with Gasteiger partial charge in [0.25, 0.3) is 0 Å². The van der Waals surface area contributed by atoms with Crippen LogP contribution >= 0.6 is 0 Å². The van der Waals surface area contributed by atoms with Crippen molar-refractivity contribution in [2.45, 2.75) is 20.3 Å². The van der Waals surface area contributed by atoms with Crippen LogP contribution in [0.15, 0.2) is 0 Å². The molecule has 0 bridgehead atoms. The van der Waals surface area contributed by atoms with Gasteiger partial charge < -0.3 is 5.32 Å². The molecule has 5 nitrogen and oxygen atoms in total. The molecule has 0 aromatic carbocycles. The van der Waals surface area contributed by atoms with Gasteiger partial charge in [-0.2, -0.15) is 0 Å². The quantitative estimate of drug-likeness (QED) is 0.486. The summed E-state index contributed by atoms with van der Waals surface area (Å²) in [6.07, 6.45) is 0.869. The largest absolute Gasteiger partial charge is 0.337 e. The minimum Gasteiger partial charge on any atom is -0.337 e. The van der Waals surface area contributed by atoms with Crippen LogP contribution in [0.2, 0.25) is 0 Å². The zero-order valence-corrected chi connectivity index (χ0v) is 6.73. The molecule has 0 saturated carbocycles. The first-order valence-corrected chi connectivity index (χ1v) is 3.47. The van der Waals surface area contributed by atoms with Gasteiger partial charge in [0.15, 0.2) is 0 Å². The Morgan fingerprint density at radius 2 is 1.91 bits per heavy atom. The molecule has 0 aromatic heterocycles. The fourth-order valence-electron chi connectivity index (χ4n) is 0.428. The van der Waals surface area contributed by atoms with Crippen LogP contribution in [-0.4, -0.2) is 18.5 Å². The third-order valence-electron chi connectivity index (χ3n) is 0.888. The van der Waals surface area contributed by atoms with Gasteiger partial charge in [-0.15, -0.1) is 0 Å². The van der Waals surface area contributed by atoms with Crippen LogP contribution in [0.5, 0.6) is 0 Å². The maximum atomic E-state index is 10.7. The number of hydrazine groups is 1. The summed E-state index contributed by atoms with van der Waals surface area (Å²) in [5, 5.41) is 2.52. The fraction of sp³-hybridized carbons (Fsp3) is 0.667. The number of carbonyl (C=O) groups excluding carboxylic acids is 2. The second kappa shape index (κ2) is 5.52. The second-order valence-corrected chi connectivity index (χ2v) is 2.06. The van der Waals surface area contributed by atoms with Crippen LogP contribution in [0.3, 0.4) is 0 Å². The molecule has 64 valence electrons. The Balaban J connectivity index is 3.30. The minimum absolute atomic E-state index is 0.295. The van der Waals surface area contributed by atoms with Crippen molar-refractivity contribution >= 4 is 11.9 Å². The van der Waals surface area contributed by atoms with Crippen LogP contribution in [0.25, 0.3) is 0 Å². The van der Waals surface area contributed by atoms with E-state index >= 15 is 0 Å². The van der Waals surface area contributed by atoms with Crippen molar-refractivity contribution in [1.82, 2.24) is 16.2 Å². The number of amides is 3. The summed E-state index contributed by atoms with van der Waals surface area (Å²) in [4.78, 5) is 20.9. The molecule has 5 heteroatoms. The first kappa shape index (κ1) is 9.74. The summed E-state index contributed by atoms with van der Waals surface area (Å²) in [7, 11) is 0. The van der Waals surface area contributed by atoms with E-state index in [1.165, 1.54) is 6.92 Å². The van der Waals surface area contributed by atoms with Gasteiger partial charge in [-0.3, -0.25) is 10.2 Å². The van der Waals surface area contributed by atoms with Gasteiger partial charge in [-0.05, 0) is 6.42 Å². The third kappa shape index (κ3) is 6.63. The van der Waals surface area contributed by atoms with Crippen LogP contribution < -0.4 is 16.2 Å². The smallest absolute Gasteiger partial charge is 0.333 e.